The number of amides is 1. The van der Waals surface area contributed by atoms with E-state index in [1.54, 1.807) is 16.8 Å². The van der Waals surface area contributed by atoms with Gasteiger partial charge in [-0.1, -0.05) is 13.0 Å². The maximum Gasteiger partial charge on any atom is 0.323 e. The van der Waals surface area contributed by atoms with E-state index < -0.39 is 5.97 Å². The number of aromatic nitrogens is 2. The highest BCUT2D eigenvalue weighted by atomic mass is 16.4. The zero-order chi connectivity index (χ0) is 13.8. The van der Waals surface area contributed by atoms with Crippen LogP contribution in [0.25, 0.3) is 5.52 Å². The molecule has 2 aromatic rings. The van der Waals surface area contributed by atoms with Crippen LogP contribution in [0.15, 0.2) is 30.6 Å². The standard InChI is InChI=1S/C13H15N3O3/c1-2-6-15(9-12(17)18)13(19)10-8-14-16-7-4-3-5-11(10)16/h3-5,7-8H,2,6,9H2,1H3,(H,17,18). The number of pyridine rings is 1. The largest absolute Gasteiger partial charge is 0.480 e. The average Bonchev–Trinajstić information content (AvgIpc) is 2.80. The van der Waals surface area contributed by atoms with Crippen molar-refractivity contribution in [3.63, 3.8) is 0 Å². The molecule has 0 spiro atoms. The molecule has 0 aliphatic heterocycles. The second-order valence-corrected chi connectivity index (χ2v) is 4.21. The van der Waals surface area contributed by atoms with Gasteiger partial charge in [-0.2, -0.15) is 5.10 Å². The fourth-order valence-electron chi connectivity index (χ4n) is 1.96. The highest BCUT2D eigenvalue weighted by molar-refractivity contribution is 6.01. The monoisotopic (exact) mass is 261 g/mol. The van der Waals surface area contributed by atoms with E-state index in [2.05, 4.69) is 5.10 Å². The Labute approximate surface area is 110 Å². The second kappa shape index (κ2) is 5.51. The number of hydrogen-bond donors (Lipinski definition) is 1. The summed E-state index contributed by atoms with van der Waals surface area (Å²) in [6, 6.07) is 5.41. The number of nitrogens with zero attached hydrogens (tertiary/aromatic N) is 3. The van der Waals surface area contributed by atoms with Gasteiger partial charge >= 0.3 is 5.97 Å². The lowest BCUT2D eigenvalue weighted by Gasteiger charge is -2.19. The van der Waals surface area contributed by atoms with Gasteiger partial charge < -0.3 is 10.0 Å². The van der Waals surface area contributed by atoms with Crippen molar-refractivity contribution in [3.05, 3.63) is 36.2 Å². The number of hydrogen-bond acceptors (Lipinski definition) is 3. The minimum Gasteiger partial charge on any atom is -0.480 e. The number of carbonyl (C=O) groups is 2. The first-order valence-corrected chi connectivity index (χ1v) is 6.07. The van der Waals surface area contributed by atoms with Crippen LogP contribution in [0, 0.1) is 0 Å². The number of aliphatic carboxylic acids is 1. The van der Waals surface area contributed by atoms with Crippen LogP contribution in [0.3, 0.4) is 0 Å². The molecule has 0 aliphatic carbocycles. The molecule has 0 radical (unpaired) electrons. The normalized spacial score (nSPS) is 10.6. The molecule has 2 rings (SSSR count). The van der Waals surface area contributed by atoms with Crippen molar-refractivity contribution >= 4 is 17.4 Å². The first-order chi connectivity index (χ1) is 9.13. The second-order valence-electron chi connectivity index (χ2n) is 4.21. The minimum atomic E-state index is -1.02. The maximum atomic E-state index is 12.4. The van der Waals surface area contributed by atoms with Crippen LogP contribution in [0.1, 0.15) is 23.7 Å². The van der Waals surface area contributed by atoms with Gasteiger partial charge in [0.2, 0.25) is 0 Å². The van der Waals surface area contributed by atoms with Crippen LogP contribution < -0.4 is 0 Å². The van der Waals surface area contributed by atoms with Crippen molar-refractivity contribution in [2.45, 2.75) is 13.3 Å². The molecule has 1 amide bonds. The highest BCUT2D eigenvalue weighted by Crippen LogP contribution is 2.13. The molecule has 6 nitrogen and oxygen atoms in total. The quantitative estimate of drug-likeness (QED) is 0.879. The van der Waals surface area contributed by atoms with Crippen molar-refractivity contribution < 1.29 is 14.7 Å². The average molecular weight is 261 g/mol. The van der Waals surface area contributed by atoms with Crippen molar-refractivity contribution in [1.29, 1.82) is 0 Å². The Morgan fingerprint density at radius 3 is 2.89 bits per heavy atom. The summed E-state index contributed by atoms with van der Waals surface area (Å²) in [5.74, 6) is -1.32. The Kier molecular flexibility index (Phi) is 3.79. The van der Waals surface area contributed by atoms with Crippen LogP contribution in [-0.4, -0.2) is 44.6 Å². The van der Waals surface area contributed by atoms with Crippen LogP contribution in [0.2, 0.25) is 0 Å². The summed E-state index contributed by atoms with van der Waals surface area (Å²) in [5, 5.41) is 12.9. The fraction of sp³-hybridized carbons (Fsp3) is 0.308. The molecular weight excluding hydrogens is 246 g/mol. The van der Waals surface area contributed by atoms with Gasteiger partial charge in [-0.05, 0) is 18.6 Å². The van der Waals surface area contributed by atoms with E-state index in [0.29, 0.717) is 24.0 Å². The number of carboxylic acid groups (broad SMARTS) is 1. The van der Waals surface area contributed by atoms with Crippen molar-refractivity contribution in [2.24, 2.45) is 0 Å². The van der Waals surface area contributed by atoms with E-state index in [9.17, 15) is 9.59 Å². The van der Waals surface area contributed by atoms with Gasteiger partial charge in [0.1, 0.15) is 6.54 Å². The van der Waals surface area contributed by atoms with Gasteiger partial charge in [-0.3, -0.25) is 9.59 Å². The van der Waals surface area contributed by atoms with Gasteiger partial charge in [0.05, 0.1) is 17.3 Å². The summed E-state index contributed by atoms with van der Waals surface area (Å²) >= 11 is 0. The summed E-state index contributed by atoms with van der Waals surface area (Å²) in [4.78, 5) is 24.5. The lowest BCUT2D eigenvalue weighted by atomic mass is 10.2. The summed E-state index contributed by atoms with van der Waals surface area (Å²) in [5.41, 5.74) is 1.11. The number of rotatable bonds is 5. The van der Waals surface area contributed by atoms with Gasteiger partial charge in [-0.25, -0.2) is 4.52 Å². The third kappa shape index (κ3) is 2.73. The molecule has 0 bridgehead atoms. The molecule has 19 heavy (non-hydrogen) atoms. The lowest BCUT2D eigenvalue weighted by Crippen LogP contribution is -2.36. The molecular formula is C13H15N3O3. The van der Waals surface area contributed by atoms with Gasteiger partial charge in [0.15, 0.2) is 0 Å². The van der Waals surface area contributed by atoms with Crippen LogP contribution in [0.5, 0.6) is 0 Å². The van der Waals surface area contributed by atoms with Crippen molar-refractivity contribution in [1.82, 2.24) is 14.5 Å². The van der Waals surface area contributed by atoms with Crippen LogP contribution in [0.4, 0.5) is 0 Å². The van der Waals surface area contributed by atoms with Crippen LogP contribution in [-0.2, 0) is 4.79 Å². The van der Waals surface area contributed by atoms with E-state index in [1.807, 2.05) is 19.1 Å². The molecule has 0 atom stereocenters. The molecule has 0 unspecified atom stereocenters. The third-order valence-corrected chi connectivity index (χ3v) is 2.76. The van der Waals surface area contributed by atoms with E-state index >= 15 is 0 Å². The Bertz CT molecular complexity index is 606. The smallest absolute Gasteiger partial charge is 0.323 e. The van der Waals surface area contributed by atoms with E-state index in [4.69, 9.17) is 5.11 Å². The summed E-state index contributed by atoms with van der Waals surface area (Å²) in [7, 11) is 0. The first kappa shape index (κ1) is 13.1. The lowest BCUT2D eigenvalue weighted by molar-refractivity contribution is -0.137. The number of fused-ring (bicyclic) bond motifs is 1. The molecule has 100 valence electrons. The topological polar surface area (TPSA) is 74.9 Å². The van der Waals surface area contributed by atoms with E-state index in [1.165, 1.54) is 11.1 Å². The minimum absolute atomic E-state index is 0.295. The molecule has 2 heterocycles. The highest BCUT2D eigenvalue weighted by Gasteiger charge is 2.20. The molecule has 2 aromatic heterocycles. The Balaban J connectivity index is 2.33. The Hall–Kier alpha value is -2.37. The predicted molar refractivity (Wildman–Crippen MR) is 69.0 cm³/mol. The fourth-order valence-corrected chi connectivity index (χ4v) is 1.96. The van der Waals surface area contributed by atoms with E-state index in [0.717, 1.165) is 0 Å². The van der Waals surface area contributed by atoms with Gasteiger partial charge in [0.25, 0.3) is 5.91 Å². The molecule has 0 aliphatic rings. The molecule has 0 fully saturated rings. The summed E-state index contributed by atoms with van der Waals surface area (Å²) in [6.07, 6.45) is 3.92. The van der Waals surface area contributed by atoms with Gasteiger partial charge in [-0.15, -0.1) is 0 Å². The zero-order valence-corrected chi connectivity index (χ0v) is 10.6. The zero-order valence-electron chi connectivity index (χ0n) is 10.6. The van der Waals surface area contributed by atoms with Crippen molar-refractivity contribution in [2.75, 3.05) is 13.1 Å². The van der Waals surface area contributed by atoms with Crippen molar-refractivity contribution in [3.8, 4) is 0 Å². The Morgan fingerprint density at radius 2 is 2.21 bits per heavy atom. The van der Waals surface area contributed by atoms with Crippen LogP contribution >= 0.6 is 0 Å². The molecule has 0 saturated carbocycles. The van der Waals surface area contributed by atoms with E-state index in [-0.39, 0.29) is 12.5 Å². The first-order valence-electron chi connectivity index (χ1n) is 6.07. The number of carboxylic acids is 1. The predicted octanol–water partition coefficient (Wildman–Crippen LogP) is 1.27. The molecule has 0 saturated heterocycles. The maximum absolute atomic E-state index is 12.4. The Morgan fingerprint density at radius 1 is 1.42 bits per heavy atom. The summed E-state index contributed by atoms with van der Waals surface area (Å²) < 4.78 is 1.60. The number of carbonyl (C=O) groups excluding carboxylic acids is 1. The third-order valence-electron chi connectivity index (χ3n) is 2.76. The molecule has 1 N–H and O–H groups in total. The SMILES string of the molecule is CCCN(CC(=O)O)C(=O)c1cnn2ccccc12. The molecule has 6 heteroatoms. The molecule has 0 aromatic carbocycles. The van der Waals surface area contributed by atoms with Gasteiger partial charge in [0, 0.05) is 12.7 Å². The summed E-state index contributed by atoms with van der Waals surface area (Å²) in [6.45, 7) is 2.02.